The minimum atomic E-state index is -0.425. The third kappa shape index (κ3) is 5.84. The van der Waals surface area contributed by atoms with Crippen molar-refractivity contribution in [2.45, 2.75) is 51.2 Å². The Morgan fingerprint density at radius 2 is 1.96 bits per heavy atom. The highest BCUT2D eigenvalue weighted by atomic mass is 16.5. The van der Waals surface area contributed by atoms with Gasteiger partial charge in [-0.2, -0.15) is 0 Å². The summed E-state index contributed by atoms with van der Waals surface area (Å²) >= 11 is 0. The number of benzene rings is 1. The summed E-state index contributed by atoms with van der Waals surface area (Å²) < 4.78 is 5.11. The van der Waals surface area contributed by atoms with Crippen molar-refractivity contribution in [3.05, 3.63) is 24.3 Å². The van der Waals surface area contributed by atoms with E-state index in [1.807, 2.05) is 24.3 Å². The molecule has 1 unspecified atom stereocenters. The lowest BCUT2D eigenvalue weighted by Crippen LogP contribution is -2.45. The maximum atomic E-state index is 12.3. The van der Waals surface area contributed by atoms with E-state index in [4.69, 9.17) is 4.74 Å². The topological polar surface area (TPSA) is 61.8 Å². The zero-order chi connectivity index (χ0) is 16.7. The van der Waals surface area contributed by atoms with Gasteiger partial charge < -0.3 is 15.2 Å². The third-order valence-electron chi connectivity index (χ3n) is 4.31. The van der Waals surface area contributed by atoms with Crippen LogP contribution in [0.25, 0.3) is 0 Å². The second-order valence-corrected chi connectivity index (χ2v) is 6.35. The Balaban J connectivity index is 1.92. The summed E-state index contributed by atoms with van der Waals surface area (Å²) in [6.07, 6.45) is 5.50. The summed E-state index contributed by atoms with van der Waals surface area (Å²) in [5.74, 6) is 0.724. The summed E-state index contributed by atoms with van der Waals surface area (Å²) in [4.78, 5) is 14.5. The number of methoxy groups -OCH3 is 1. The monoisotopic (exact) mass is 320 g/mol. The number of hydrogen-bond donors (Lipinski definition) is 2. The molecule has 0 aromatic heterocycles. The van der Waals surface area contributed by atoms with Crippen LogP contribution < -0.4 is 10.1 Å². The number of carbonyl (C=O) groups is 1. The number of ether oxygens (including phenoxy) is 1. The van der Waals surface area contributed by atoms with Gasteiger partial charge in [-0.15, -0.1) is 0 Å². The van der Waals surface area contributed by atoms with Crippen LogP contribution in [0.2, 0.25) is 0 Å². The lowest BCUT2D eigenvalue weighted by molar-refractivity contribution is -0.118. The van der Waals surface area contributed by atoms with Gasteiger partial charge in [-0.05, 0) is 44.0 Å². The van der Waals surface area contributed by atoms with Crippen LogP contribution in [0, 0.1) is 0 Å². The number of rotatable bonds is 7. The minimum absolute atomic E-state index is 0.0404. The Kier molecular flexibility index (Phi) is 6.86. The average Bonchev–Trinajstić information content (AvgIpc) is 2.55. The van der Waals surface area contributed by atoms with Gasteiger partial charge in [-0.1, -0.05) is 19.3 Å². The molecule has 23 heavy (non-hydrogen) atoms. The number of carbonyl (C=O) groups excluding carboxylic acids is 1. The van der Waals surface area contributed by atoms with Crippen LogP contribution in [0.15, 0.2) is 24.3 Å². The molecule has 0 spiro atoms. The van der Waals surface area contributed by atoms with Crippen LogP contribution in [0.5, 0.6) is 5.75 Å². The fraction of sp³-hybridized carbons (Fsp3) is 0.611. The Morgan fingerprint density at radius 1 is 1.30 bits per heavy atom. The first-order valence-electron chi connectivity index (χ1n) is 8.44. The number of anilines is 1. The van der Waals surface area contributed by atoms with Gasteiger partial charge in [0.1, 0.15) is 5.75 Å². The van der Waals surface area contributed by atoms with Crippen molar-refractivity contribution in [1.29, 1.82) is 0 Å². The smallest absolute Gasteiger partial charge is 0.238 e. The largest absolute Gasteiger partial charge is 0.497 e. The molecule has 0 aliphatic heterocycles. The predicted molar refractivity (Wildman–Crippen MR) is 91.8 cm³/mol. The summed E-state index contributed by atoms with van der Waals surface area (Å²) in [5, 5.41) is 12.6. The second-order valence-electron chi connectivity index (χ2n) is 6.35. The molecule has 0 saturated heterocycles. The van der Waals surface area contributed by atoms with E-state index in [0.717, 1.165) is 24.3 Å². The van der Waals surface area contributed by atoms with E-state index in [9.17, 15) is 9.90 Å². The van der Waals surface area contributed by atoms with Gasteiger partial charge in [0.25, 0.3) is 0 Å². The van der Waals surface area contributed by atoms with Crippen LogP contribution in [-0.2, 0) is 4.79 Å². The molecule has 1 saturated carbocycles. The number of nitrogens with zero attached hydrogens (tertiary/aromatic N) is 1. The quantitative estimate of drug-likeness (QED) is 0.811. The van der Waals surface area contributed by atoms with Crippen molar-refractivity contribution in [2.75, 3.05) is 25.5 Å². The molecule has 1 amide bonds. The van der Waals surface area contributed by atoms with Crippen LogP contribution in [0.4, 0.5) is 5.69 Å². The summed E-state index contributed by atoms with van der Waals surface area (Å²) in [5.41, 5.74) is 0.761. The molecule has 128 valence electrons. The van der Waals surface area contributed by atoms with E-state index in [0.29, 0.717) is 19.1 Å². The Morgan fingerprint density at radius 3 is 2.52 bits per heavy atom. The Hall–Kier alpha value is -1.59. The van der Waals surface area contributed by atoms with Crippen LogP contribution >= 0.6 is 0 Å². The summed E-state index contributed by atoms with van der Waals surface area (Å²) in [7, 11) is 1.62. The number of amides is 1. The van der Waals surface area contributed by atoms with Crippen molar-refractivity contribution in [3.63, 3.8) is 0 Å². The molecule has 1 fully saturated rings. The van der Waals surface area contributed by atoms with E-state index in [2.05, 4.69) is 10.2 Å². The second kappa shape index (κ2) is 8.89. The number of nitrogens with one attached hydrogen (secondary N) is 1. The van der Waals surface area contributed by atoms with Crippen LogP contribution in [0.1, 0.15) is 39.0 Å². The van der Waals surface area contributed by atoms with Gasteiger partial charge in [0.2, 0.25) is 5.91 Å². The van der Waals surface area contributed by atoms with Crippen LogP contribution in [-0.4, -0.2) is 48.3 Å². The van der Waals surface area contributed by atoms with Gasteiger partial charge in [0.05, 0.1) is 19.8 Å². The van der Waals surface area contributed by atoms with Crippen molar-refractivity contribution in [1.82, 2.24) is 4.90 Å². The van der Waals surface area contributed by atoms with E-state index < -0.39 is 6.10 Å². The zero-order valence-corrected chi connectivity index (χ0v) is 14.1. The normalized spacial score (nSPS) is 17.0. The third-order valence-corrected chi connectivity index (χ3v) is 4.31. The molecule has 5 heteroatoms. The Bertz CT molecular complexity index is 482. The molecule has 1 aliphatic carbocycles. The van der Waals surface area contributed by atoms with E-state index in [-0.39, 0.29) is 5.91 Å². The SMILES string of the molecule is COc1ccc(NC(=O)CN(CC(C)O)C2CCCCC2)cc1. The number of hydrogen-bond acceptors (Lipinski definition) is 4. The predicted octanol–water partition coefficient (Wildman–Crippen LogP) is 2.65. The maximum absolute atomic E-state index is 12.3. The van der Waals surface area contributed by atoms with Gasteiger partial charge in [0.15, 0.2) is 0 Å². The lowest BCUT2D eigenvalue weighted by Gasteiger charge is -2.34. The maximum Gasteiger partial charge on any atom is 0.238 e. The molecular weight excluding hydrogens is 292 g/mol. The van der Waals surface area contributed by atoms with E-state index >= 15 is 0 Å². The van der Waals surface area contributed by atoms with Crippen molar-refractivity contribution in [3.8, 4) is 5.75 Å². The fourth-order valence-electron chi connectivity index (χ4n) is 3.19. The molecule has 0 radical (unpaired) electrons. The van der Waals surface area contributed by atoms with Crippen LogP contribution in [0.3, 0.4) is 0 Å². The highest BCUT2D eigenvalue weighted by Gasteiger charge is 2.24. The highest BCUT2D eigenvalue weighted by molar-refractivity contribution is 5.92. The van der Waals surface area contributed by atoms with Crippen molar-refractivity contribution < 1.29 is 14.6 Å². The molecule has 0 heterocycles. The molecule has 1 atom stereocenters. The molecule has 1 aromatic carbocycles. The summed E-state index contributed by atoms with van der Waals surface area (Å²) in [6, 6.07) is 7.71. The van der Waals surface area contributed by atoms with E-state index in [1.165, 1.54) is 19.3 Å². The van der Waals surface area contributed by atoms with Crippen molar-refractivity contribution in [2.24, 2.45) is 0 Å². The first-order chi connectivity index (χ1) is 11.1. The molecule has 2 rings (SSSR count). The molecule has 1 aromatic rings. The highest BCUT2D eigenvalue weighted by Crippen LogP contribution is 2.23. The summed E-state index contributed by atoms with van der Waals surface area (Å²) in [6.45, 7) is 2.64. The Labute approximate surface area is 138 Å². The molecular formula is C18H28N2O3. The van der Waals surface area contributed by atoms with Crippen molar-refractivity contribution >= 4 is 11.6 Å². The number of aliphatic hydroxyl groups excluding tert-OH is 1. The molecule has 0 bridgehead atoms. The average molecular weight is 320 g/mol. The standard InChI is InChI=1S/C18H28N2O3/c1-14(21)12-20(16-6-4-3-5-7-16)13-18(22)19-15-8-10-17(23-2)11-9-15/h8-11,14,16,21H,3-7,12-13H2,1-2H3,(H,19,22). The zero-order valence-electron chi connectivity index (χ0n) is 14.1. The first kappa shape index (κ1) is 17.8. The first-order valence-corrected chi connectivity index (χ1v) is 8.44. The molecule has 1 aliphatic rings. The lowest BCUT2D eigenvalue weighted by atomic mass is 9.94. The molecule has 2 N–H and O–H groups in total. The van der Waals surface area contributed by atoms with Gasteiger partial charge in [0, 0.05) is 18.3 Å². The van der Waals surface area contributed by atoms with Gasteiger partial charge in [-0.3, -0.25) is 9.69 Å². The molecule has 5 nitrogen and oxygen atoms in total. The van der Waals surface area contributed by atoms with Gasteiger partial charge >= 0.3 is 0 Å². The minimum Gasteiger partial charge on any atom is -0.497 e. The van der Waals surface area contributed by atoms with E-state index in [1.54, 1.807) is 14.0 Å². The fourth-order valence-corrected chi connectivity index (χ4v) is 3.19. The number of aliphatic hydroxyl groups is 1. The van der Waals surface area contributed by atoms with Gasteiger partial charge in [-0.25, -0.2) is 0 Å².